The maximum absolute atomic E-state index is 12.2. The van der Waals surface area contributed by atoms with E-state index in [9.17, 15) is 14.4 Å². The number of aromatic nitrogens is 2. The summed E-state index contributed by atoms with van der Waals surface area (Å²) in [5, 5.41) is 4.73. The van der Waals surface area contributed by atoms with Gasteiger partial charge in [0, 0.05) is 11.5 Å². The second kappa shape index (κ2) is 5.83. The van der Waals surface area contributed by atoms with Crippen molar-refractivity contribution in [3.8, 4) is 0 Å². The smallest absolute Gasteiger partial charge is 0.321 e. The lowest BCUT2D eigenvalue weighted by molar-refractivity contribution is -0.120. The van der Waals surface area contributed by atoms with Gasteiger partial charge in [-0.15, -0.1) is 0 Å². The van der Waals surface area contributed by atoms with E-state index in [0.29, 0.717) is 10.9 Å². The molecule has 0 saturated heterocycles. The van der Waals surface area contributed by atoms with Gasteiger partial charge >= 0.3 is 6.03 Å². The molecule has 2 rings (SSSR count). The lowest BCUT2D eigenvalue weighted by atomic mass is 10.2. The van der Waals surface area contributed by atoms with Crippen molar-refractivity contribution in [1.29, 1.82) is 0 Å². The van der Waals surface area contributed by atoms with E-state index in [1.54, 1.807) is 18.2 Å². The van der Waals surface area contributed by atoms with Crippen LogP contribution in [0, 0.1) is 0 Å². The van der Waals surface area contributed by atoms with Crippen molar-refractivity contribution in [2.75, 3.05) is 7.05 Å². The number of halogens is 1. The van der Waals surface area contributed by atoms with E-state index in [2.05, 4.69) is 31.5 Å². The van der Waals surface area contributed by atoms with Crippen LogP contribution in [0.2, 0.25) is 0 Å². The maximum Gasteiger partial charge on any atom is 0.321 e. The highest BCUT2D eigenvalue weighted by Gasteiger charge is 2.10. The van der Waals surface area contributed by atoms with E-state index in [4.69, 9.17) is 0 Å². The minimum absolute atomic E-state index is 0.276. The third kappa shape index (κ3) is 3.02. The third-order valence-electron chi connectivity index (χ3n) is 2.58. The molecule has 3 amide bonds. The predicted octanol–water partition coefficient (Wildman–Crippen LogP) is 0.615. The van der Waals surface area contributed by atoms with Crippen molar-refractivity contribution < 1.29 is 9.59 Å². The molecule has 1 aromatic heterocycles. The van der Waals surface area contributed by atoms with Crippen LogP contribution in [0.4, 0.5) is 4.79 Å². The summed E-state index contributed by atoms with van der Waals surface area (Å²) in [6.45, 7) is -0.276. The zero-order valence-electron chi connectivity index (χ0n) is 10.5. The Labute approximate surface area is 122 Å². The fourth-order valence-electron chi connectivity index (χ4n) is 1.63. The van der Waals surface area contributed by atoms with Gasteiger partial charge in [0.2, 0.25) is 5.91 Å². The average Bonchev–Trinajstić information content (AvgIpc) is 2.42. The number of nitrogens with one attached hydrogen (secondary N) is 2. The summed E-state index contributed by atoms with van der Waals surface area (Å²) in [5.41, 5.74) is 0.199. The number of rotatable bonds is 2. The van der Waals surface area contributed by atoms with Gasteiger partial charge in [-0.2, -0.15) is 0 Å². The molecule has 20 heavy (non-hydrogen) atoms. The number of amides is 3. The molecule has 0 fully saturated rings. The monoisotopic (exact) mass is 338 g/mol. The molecule has 0 radical (unpaired) electrons. The van der Waals surface area contributed by atoms with E-state index in [1.807, 2.05) is 0 Å². The summed E-state index contributed by atoms with van der Waals surface area (Å²) >= 11 is 3.28. The lowest BCUT2D eigenvalue weighted by Gasteiger charge is -2.07. The molecule has 0 spiro atoms. The van der Waals surface area contributed by atoms with Crippen molar-refractivity contribution in [3.05, 3.63) is 39.4 Å². The Bertz CT molecular complexity index is 741. The molecule has 0 unspecified atom stereocenters. The molecule has 0 aliphatic heterocycles. The van der Waals surface area contributed by atoms with Gasteiger partial charge in [-0.1, -0.05) is 15.9 Å². The van der Waals surface area contributed by atoms with Crippen molar-refractivity contribution in [1.82, 2.24) is 20.2 Å². The summed E-state index contributed by atoms with van der Waals surface area (Å²) in [4.78, 5) is 38.9. The highest BCUT2D eigenvalue weighted by Crippen LogP contribution is 2.14. The van der Waals surface area contributed by atoms with E-state index >= 15 is 0 Å². The van der Waals surface area contributed by atoms with Gasteiger partial charge in [-0.25, -0.2) is 9.78 Å². The Kier molecular flexibility index (Phi) is 4.14. The number of fused-ring (bicyclic) bond motifs is 1. The molecule has 1 aromatic carbocycles. The zero-order chi connectivity index (χ0) is 14.7. The molecule has 0 aliphatic carbocycles. The molecule has 104 valence electrons. The zero-order valence-corrected chi connectivity index (χ0v) is 12.1. The minimum atomic E-state index is -0.625. The van der Waals surface area contributed by atoms with E-state index in [-0.39, 0.29) is 12.1 Å². The van der Waals surface area contributed by atoms with Gasteiger partial charge in [0.1, 0.15) is 6.54 Å². The summed E-state index contributed by atoms with van der Waals surface area (Å²) < 4.78 is 1.89. The standard InChI is InChI=1S/C12H11BrN4O3/c1-14-12(20)16-10(18)5-17-6-15-9-3-2-7(13)4-8(9)11(17)19/h2-4,6H,5H2,1H3,(H2,14,16,18,20). The van der Waals surface area contributed by atoms with Gasteiger partial charge in [0.25, 0.3) is 5.56 Å². The summed E-state index contributed by atoms with van der Waals surface area (Å²) in [7, 11) is 1.39. The molecule has 2 aromatic rings. The predicted molar refractivity (Wildman–Crippen MR) is 76.3 cm³/mol. The molecule has 0 aliphatic rings. The number of hydrogen-bond acceptors (Lipinski definition) is 4. The van der Waals surface area contributed by atoms with E-state index < -0.39 is 11.9 Å². The quantitative estimate of drug-likeness (QED) is 0.839. The molecular formula is C12H11BrN4O3. The van der Waals surface area contributed by atoms with Crippen molar-refractivity contribution in [2.24, 2.45) is 0 Å². The normalized spacial score (nSPS) is 10.3. The Morgan fingerprint density at radius 2 is 2.15 bits per heavy atom. The number of hydrogen-bond donors (Lipinski definition) is 2. The molecule has 0 atom stereocenters. The maximum atomic E-state index is 12.2. The first kappa shape index (κ1) is 14.2. The molecule has 0 bridgehead atoms. The molecular weight excluding hydrogens is 328 g/mol. The van der Waals surface area contributed by atoms with Gasteiger partial charge in [-0.05, 0) is 18.2 Å². The Morgan fingerprint density at radius 1 is 1.40 bits per heavy atom. The van der Waals surface area contributed by atoms with Crippen LogP contribution < -0.4 is 16.2 Å². The van der Waals surface area contributed by atoms with Crippen LogP contribution in [0.1, 0.15) is 0 Å². The largest absolute Gasteiger partial charge is 0.341 e. The molecule has 1 heterocycles. The van der Waals surface area contributed by atoms with Crippen molar-refractivity contribution >= 4 is 38.8 Å². The Morgan fingerprint density at radius 3 is 2.85 bits per heavy atom. The van der Waals surface area contributed by atoms with Gasteiger partial charge in [0.15, 0.2) is 0 Å². The van der Waals surface area contributed by atoms with Crippen LogP contribution in [0.15, 0.2) is 33.8 Å². The number of imide groups is 1. The summed E-state index contributed by atoms with van der Waals surface area (Å²) in [5.74, 6) is -0.595. The van der Waals surface area contributed by atoms with Crippen LogP contribution in [0.25, 0.3) is 10.9 Å². The number of benzene rings is 1. The molecule has 7 nitrogen and oxygen atoms in total. The fourth-order valence-corrected chi connectivity index (χ4v) is 1.99. The number of carbonyl (C=O) groups is 2. The Hall–Kier alpha value is -2.22. The second-order valence-corrected chi connectivity index (χ2v) is 4.88. The van der Waals surface area contributed by atoms with E-state index in [0.717, 1.165) is 9.04 Å². The SMILES string of the molecule is CNC(=O)NC(=O)Cn1cnc2ccc(Br)cc2c1=O. The van der Waals surface area contributed by atoms with Crippen LogP contribution in [-0.2, 0) is 11.3 Å². The van der Waals surface area contributed by atoms with Crippen molar-refractivity contribution in [2.45, 2.75) is 6.54 Å². The minimum Gasteiger partial charge on any atom is -0.341 e. The van der Waals surface area contributed by atoms with Crippen molar-refractivity contribution in [3.63, 3.8) is 0 Å². The van der Waals surface area contributed by atoms with Gasteiger partial charge in [-0.3, -0.25) is 19.5 Å². The fraction of sp³-hybridized carbons (Fsp3) is 0.167. The lowest BCUT2D eigenvalue weighted by Crippen LogP contribution is -2.40. The first-order valence-corrected chi connectivity index (χ1v) is 6.47. The topological polar surface area (TPSA) is 93.1 Å². The highest BCUT2D eigenvalue weighted by molar-refractivity contribution is 9.10. The molecule has 8 heteroatoms. The van der Waals surface area contributed by atoms with Crippen LogP contribution >= 0.6 is 15.9 Å². The summed E-state index contributed by atoms with van der Waals surface area (Å²) in [6.07, 6.45) is 1.28. The van der Waals surface area contributed by atoms with Crippen LogP contribution in [-0.4, -0.2) is 28.5 Å². The molecule has 2 N–H and O–H groups in total. The molecule has 0 saturated carbocycles. The van der Waals surface area contributed by atoms with Crippen LogP contribution in [0.3, 0.4) is 0 Å². The first-order valence-electron chi connectivity index (χ1n) is 5.67. The average molecular weight is 339 g/mol. The van der Waals surface area contributed by atoms with E-state index in [1.165, 1.54) is 13.4 Å². The number of carbonyl (C=O) groups excluding carboxylic acids is 2. The third-order valence-corrected chi connectivity index (χ3v) is 3.07. The summed E-state index contributed by atoms with van der Waals surface area (Å²) in [6, 6.07) is 4.49. The van der Waals surface area contributed by atoms with Gasteiger partial charge in [0.05, 0.1) is 17.2 Å². The Balaban J connectivity index is 2.32. The first-order chi connectivity index (χ1) is 9.51. The van der Waals surface area contributed by atoms with Crippen LogP contribution in [0.5, 0.6) is 0 Å². The number of urea groups is 1. The number of nitrogens with zero attached hydrogens (tertiary/aromatic N) is 2. The highest BCUT2D eigenvalue weighted by atomic mass is 79.9. The van der Waals surface area contributed by atoms with Gasteiger partial charge < -0.3 is 5.32 Å². The second-order valence-electron chi connectivity index (χ2n) is 3.97.